The first-order valence-electron chi connectivity index (χ1n) is 11.0. The highest BCUT2D eigenvalue weighted by atomic mass is 16.5. The second-order valence-electron chi connectivity index (χ2n) is 8.66. The van der Waals surface area contributed by atoms with Gasteiger partial charge in [0.1, 0.15) is 0 Å². The van der Waals surface area contributed by atoms with E-state index < -0.39 is 0 Å². The standard InChI is InChI=1S/C27H32O/c1-3-28-27-17-16-25-18-24(14-15-26(25)19-27)23-12-10-22(11-13-23)9-8-21-6-4-20(2)5-7-21/h4-7,10-13,24-27H,3,14-19H2,1-2H3. The van der Waals surface area contributed by atoms with Crippen LogP contribution in [0.15, 0.2) is 48.5 Å². The first-order valence-corrected chi connectivity index (χ1v) is 11.0. The van der Waals surface area contributed by atoms with Crippen molar-refractivity contribution in [3.63, 3.8) is 0 Å². The fraction of sp³-hybridized carbons (Fsp3) is 0.481. The van der Waals surface area contributed by atoms with E-state index in [1.807, 2.05) is 0 Å². The van der Waals surface area contributed by atoms with Gasteiger partial charge in [0, 0.05) is 17.7 Å². The van der Waals surface area contributed by atoms with Crippen LogP contribution in [0.2, 0.25) is 0 Å². The molecule has 0 N–H and O–H groups in total. The number of rotatable bonds is 3. The van der Waals surface area contributed by atoms with E-state index in [0.29, 0.717) is 6.10 Å². The maximum absolute atomic E-state index is 5.90. The third-order valence-corrected chi connectivity index (χ3v) is 6.75. The molecule has 2 aliphatic carbocycles. The van der Waals surface area contributed by atoms with Crippen LogP contribution in [-0.2, 0) is 4.74 Å². The van der Waals surface area contributed by atoms with E-state index in [-0.39, 0.29) is 0 Å². The lowest BCUT2D eigenvalue weighted by Crippen LogP contribution is -2.33. The molecule has 4 rings (SSSR count). The molecule has 0 amide bonds. The van der Waals surface area contributed by atoms with Crippen LogP contribution in [-0.4, -0.2) is 12.7 Å². The molecule has 2 fully saturated rings. The Morgan fingerprint density at radius 1 is 0.786 bits per heavy atom. The molecule has 2 aliphatic rings. The van der Waals surface area contributed by atoms with Gasteiger partial charge in [0.05, 0.1) is 6.10 Å². The smallest absolute Gasteiger partial charge is 0.0577 e. The lowest BCUT2D eigenvalue weighted by atomic mass is 9.65. The molecular formula is C27H32O. The van der Waals surface area contributed by atoms with Crippen LogP contribution in [0.5, 0.6) is 0 Å². The van der Waals surface area contributed by atoms with Crippen molar-refractivity contribution in [3.8, 4) is 11.8 Å². The van der Waals surface area contributed by atoms with Gasteiger partial charge >= 0.3 is 0 Å². The van der Waals surface area contributed by atoms with E-state index in [2.05, 4.69) is 74.2 Å². The predicted molar refractivity (Wildman–Crippen MR) is 116 cm³/mol. The Morgan fingerprint density at radius 3 is 2.07 bits per heavy atom. The van der Waals surface area contributed by atoms with Crippen molar-refractivity contribution in [2.75, 3.05) is 6.61 Å². The van der Waals surface area contributed by atoms with Crippen molar-refractivity contribution in [1.82, 2.24) is 0 Å². The molecule has 2 saturated carbocycles. The highest BCUT2D eigenvalue weighted by Crippen LogP contribution is 2.46. The molecule has 4 unspecified atom stereocenters. The van der Waals surface area contributed by atoms with Crippen molar-refractivity contribution >= 4 is 0 Å². The SMILES string of the molecule is CCOC1CCC2CC(c3ccc(C#Cc4ccc(C)cc4)cc3)CCC2C1. The predicted octanol–water partition coefficient (Wildman–Crippen LogP) is 6.48. The molecule has 0 radical (unpaired) electrons. The lowest BCUT2D eigenvalue weighted by molar-refractivity contribution is -0.00955. The maximum Gasteiger partial charge on any atom is 0.0577 e. The van der Waals surface area contributed by atoms with Gasteiger partial charge in [-0.1, -0.05) is 41.7 Å². The maximum atomic E-state index is 5.90. The molecular weight excluding hydrogens is 340 g/mol. The van der Waals surface area contributed by atoms with Gasteiger partial charge in [-0.05, 0) is 100.0 Å². The first-order chi connectivity index (χ1) is 13.7. The van der Waals surface area contributed by atoms with Gasteiger partial charge in [-0.15, -0.1) is 0 Å². The average molecular weight is 373 g/mol. The monoisotopic (exact) mass is 372 g/mol. The molecule has 4 atom stereocenters. The Morgan fingerprint density at radius 2 is 1.39 bits per heavy atom. The number of hydrogen-bond acceptors (Lipinski definition) is 1. The Balaban J connectivity index is 1.37. The summed E-state index contributed by atoms with van der Waals surface area (Å²) in [5, 5.41) is 0. The number of fused-ring (bicyclic) bond motifs is 1. The Hall–Kier alpha value is -2.04. The molecule has 0 aromatic heterocycles. The van der Waals surface area contributed by atoms with Gasteiger partial charge in [-0.25, -0.2) is 0 Å². The Bertz CT molecular complexity index is 821. The molecule has 0 saturated heterocycles. The normalized spacial score (nSPS) is 26.8. The zero-order valence-corrected chi connectivity index (χ0v) is 17.3. The van der Waals surface area contributed by atoms with Crippen molar-refractivity contribution < 1.29 is 4.74 Å². The molecule has 0 bridgehead atoms. The van der Waals surface area contributed by atoms with Crippen LogP contribution in [0.1, 0.15) is 73.6 Å². The summed E-state index contributed by atoms with van der Waals surface area (Å²) in [6.45, 7) is 5.09. The van der Waals surface area contributed by atoms with Gasteiger partial charge in [0.15, 0.2) is 0 Å². The molecule has 1 heteroatoms. The summed E-state index contributed by atoms with van der Waals surface area (Å²) in [5.74, 6) is 9.10. The molecule has 0 spiro atoms. The third kappa shape index (κ3) is 4.68. The Kier molecular flexibility index (Phi) is 6.18. The first kappa shape index (κ1) is 19.3. The highest BCUT2D eigenvalue weighted by molar-refractivity contribution is 5.44. The quantitative estimate of drug-likeness (QED) is 0.560. The fourth-order valence-corrected chi connectivity index (χ4v) is 5.16. The molecule has 146 valence electrons. The fourth-order valence-electron chi connectivity index (χ4n) is 5.16. The van der Waals surface area contributed by atoms with Crippen molar-refractivity contribution in [3.05, 3.63) is 70.8 Å². The van der Waals surface area contributed by atoms with Crippen molar-refractivity contribution in [1.29, 1.82) is 0 Å². The van der Waals surface area contributed by atoms with Crippen LogP contribution in [0.4, 0.5) is 0 Å². The minimum atomic E-state index is 0.522. The summed E-state index contributed by atoms with van der Waals surface area (Å²) in [5.41, 5.74) is 4.97. The van der Waals surface area contributed by atoms with E-state index in [1.54, 1.807) is 0 Å². The second-order valence-corrected chi connectivity index (χ2v) is 8.66. The van der Waals surface area contributed by atoms with E-state index >= 15 is 0 Å². The van der Waals surface area contributed by atoms with Gasteiger partial charge < -0.3 is 4.74 Å². The largest absolute Gasteiger partial charge is 0.378 e. The molecule has 2 aromatic carbocycles. The van der Waals surface area contributed by atoms with Gasteiger partial charge in [-0.2, -0.15) is 0 Å². The zero-order chi connectivity index (χ0) is 19.3. The third-order valence-electron chi connectivity index (χ3n) is 6.75. The Labute approximate surface area is 170 Å². The molecule has 0 heterocycles. The number of ether oxygens (including phenoxy) is 1. The molecule has 28 heavy (non-hydrogen) atoms. The van der Waals surface area contributed by atoms with Gasteiger partial charge in [0.2, 0.25) is 0 Å². The minimum Gasteiger partial charge on any atom is -0.378 e. The highest BCUT2D eigenvalue weighted by Gasteiger charge is 2.36. The van der Waals surface area contributed by atoms with E-state index in [4.69, 9.17) is 4.74 Å². The van der Waals surface area contributed by atoms with E-state index in [0.717, 1.165) is 35.5 Å². The van der Waals surface area contributed by atoms with Crippen molar-refractivity contribution in [2.45, 2.75) is 64.4 Å². The summed E-state index contributed by atoms with van der Waals surface area (Å²) in [7, 11) is 0. The van der Waals surface area contributed by atoms with E-state index in [9.17, 15) is 0 Å². The average Bonchev–Trinajstić information content (AvgIpc) is 2.74. The number of aryl methyl sites for hydroxylation is 1. The lowest BCUT2D eigenvalue weighted by Gasteiger charge is -2.42. The van der Waals surface area contributed by atoms with Crippen LogP contribution in [0.25, 0.3) is 0 Å². The zero-order valence-electron chi connectivity index (χ0n) is 17.3. The van der Waals surface area contributed by atoms with Gasteiger partial charge in [-0.3, -0.25) is 0 Å². The topological polar surface area (TPSA) is 9.23 Å². The number of hydrogen-bond donors (Lipinski definition) is 0. The van der Waals surface area contributed by atoms with Crippen LogP contribution >= 0.6 is 0 Å². The number of benzene rings is 2. The summed E-state index contributed by atoms with van der Waals surface area (Å²) in [4.78, 5) is 0. The molecule has 1 nitrogen and oxygen atoms in total. The minimum absolute atomic E-state index is 0.522. The molecule has 0 aliphatic heterocycles. The second kappa shape index (κ2) is 8.97. The summed E-state index contributed by atoms with van der Waals surface area (Å²) in [6, 6.07) is 17.5. The summed E-state index contributed by atoms with van der Waals surface area (Å²) >= 11 is 0. The van der Waals surface area contributed by atoms with Gasteiger partial charge in [0.25, 0.3) is 0 Å². The van der Waals surface area contributed by atoms with E-state index in [1.165, 1.54) is 49.7 Å². The van der Waals surface area contributed by atoms with Crippen molar-refractivity contribution in [2.24, 2.45) is 11.8 Å². The summed E-state index contributed by atoms with van der Waals surface area (Å²) in [6.07, 6.45) is 8.48. The van der Waals surface area contributed by atoms with Crippen LogP contribution in [0, 0.1) is 30.6 Å². The van der Waals surface area contributed by atoms with Crippen LogP contribution in [0.3, 0.4) is 0 Å². The molecule has 2 aromatic rings. The van der Waals surface area contributed by atoms with Crippen LogP contribution < -0.4 is 0 Å². The summed E-state index contributed by atoms with van der Waals surface area (Å²) < 4.78 is 5.90.